The molecule has 0 amide bonds. The Morgan fingerprint density at radius 2 is 2.31 bits per heavy atom. The van der Waals surface area contributed by atoms with Gasteiger partial charge in [0.1, 0.15) is 0 Å². The van der Waals surface area contributed by atoms with Crippen molar-refractivity contribution in [2.24, 2.45) is 18.2 Å². The summed E-state index contributed by atoms with van der Waals surface area (Å²) in [5, 5.41) is 13.9. The van der Waals surface area contributed by atoms with Gasteiger partial charge in [-0.05, 0) is 25.3 Å². The minimum Gasteiger partial charge on any atom is -0.396 e. The van der Waals surface area contributed by atoms with E-state index in [0.29, 0.717) is 6.54 Å². The van der Waals surface area contributed by atoms with E-state index >= 15 is 0 Å². The lowest BCUT2D eigenvalue weighted by Gasteiger charge is -2.46. The quantitative estimate of drug-likeness (QED) is 0.798. The van der Waals surface area contributed by atoms with E-state index in [4.69, 9.17) is 5.73 Å². The van der Waals surface area contributed by atoms with Crippen LogP contribution in [-0.4, -0.2) is 28.0 Å². The number of rotatable bonds is 4. The number of aliphatic hydroxyl groups is 1. The van der Waals surface area contributed by atoms with Crippen molar-refractivity contribution < 1.29 is 5.11 Å². The second-order valence-corrected chi connectivity index (χ2v) is 5.00. The summed E-state index contributed by atoms with van der Waals surface area (Å²) in [7, 11) is 1.95. The van der Waals surface area contributed by atoms with Crippen LogP contribution in [0.2, 0.25) is 0 Å². The Morgan fingerprint density at radius 3 is 2.62 bits per heavy atom. The van der Waals surface area contributed by atoms with Crippen molar-refractivity contribution in [3.8, 4) is 0 Å². The van der Waals surface area contributed by atoms with Crippen LogP contribution in [0.5, 0.6) is 0 Å². The van der Waals surface area contributed by atoms with Gasteiger partial charge in [0.25, 0.3) is 0 Å². The molecule has 0 saturated heterocycles. The molecule has 1 aromatic heterocycles. The molecule has 0 aliphatic heterocycles. The van der Waals surface area contributed by atoms with E-state index in [0.717, 1.165) is 12.8 Å². The van der Waals surface area contributed by atoms with Gasteiger partial charge in [-0.1, -0.05) is 6.42 Å². The fourth-order valence-corrected chi connectivity index (χ4v) is 2.96. The average Bonchev–Trinajstić information content (AvgIpc) is 2.53. The van der Waals surface area contributed by atoms with Gasteiger partial charge in [-0.25, -0.2) is 0 Å². The minimum atomic E-state index is 0.00725. The van der Waals surface area contributed by atoms with Crippen LogP contribution >= 0.6 is 0 Å². The van der Waals surface area contributed by atoms with Crippen LogP contribution in [0, 0.1) is 12.3 Å². The maximum atomic E-state index is 9.63. The van der Waals surface area contributed by atoms with Crippen LogP contribution in [-0.2, 0) is 7.05 Å². The second-order valence-electron chi connectivity index (χ2n) is 5.00. The van der Waals surface area contributed by atoms with Gasteiger partial charge in [0.05, 0.1) is 6.20 Å². The Morgan fingerprint density at radius 1 is 1.62 bits per heavy atom. The van der Waals surface area contributed by atoms with Gasteiger partial charge in [0.2, 0.25) is 0 Å². The third kappa shape index (κ3) is 1.57. The molecule has 0 aromatic carbocycles. The fourth-order valence-electron chi connectivity index (χ4n) is 2.96. The monoisotopic (exact) mass is 223 g/mol. The van der Waals surface area contributed by atoms with Crippen LogP contribution in [0.4, 0.5) is 0 Å². The molecule has 4 nitrogen and oxygen atoms in total. The summed E-state index contributed by atoms with van der Waals surface area (Å²) in [6, 6.07) is 0. The molecule has 16 heavy (non-hydrogen) atoms. The van der Waals surface area contributed by atoms with Gasteiger partial charge >= 0.3 is 0 Å². The molecule has 2 rings (SSSR count). The molecule has 1 aromatic rings. The number of hydrogen-bond acceptors (Lipinski definition) is 3. The second kappa shape index (κ2) is 4.18. The molecule has 1 aliphatic rings. The Hall–Kier alpha value is -0.870. The Kier molecular flexibility index (Phi) is 3.04. The summed E-state index contributed by atoms with van der Waals surface area (Å²) in [6.45, 7) is 2.88. The van der Waals surface area contributed by atoms with Gasteiger partial charge in [-0.15, -0.1) is 0 Å². The van der Waals surface area contributed by atoms with Crippen molar-refractivity contribution in [3.05, 3.63) is 17.5 Å². The lowest BCUT2D eigenvalue weighted by molar-refractivity contribution is 0.0167. The van der Waals surface area contributed by atoms with Crippen LogP contribution in [0.3, 0.4) is 0 Å². The molecule has 0 radical (unpaired) electrons. The first-order valence-corrected chi connectivity index (χ1v) is 5.94. The average molecular weight is 223 g/mol. The molecular weight excluding hydrogens is 202 g/mol. The number of hydrogen-bond donors (Lipinski definition) is 2. The first kappa shape index (κ1) is 11.6. The van der Waals surface area contributed by atoms with E-state index < -0.39 is 0 Å². The highest BCUT2D eigenvalue weighted by Gasteiger charge is 2.45. The first-order chi connectivity index (χ1) is 7.64. The molecule has 1 aliphatic carbocycles. The fraction of sp³-hybridized carbons (Fsp3) is 0.750. The largest absolute Gasteiger partial charge is 0.396 e. The summed E-state index contributed by atoms with van der Waals surface area (Å²) < 4.78 is 1.91. The van der Waals surface area contributed by atoms with Crippen molar-refractivity contribution in [2.75, 3.05) is 13.2 Å². The number of nitrogens with zero attached hydrogens (tertiary/aromatic N) is 2. The topological polar surface area (TPSA) is 64.1 Å². The summed E-state index contributed by atoms with van der Waals surface area (Å²) in [6.07, 6.45) is 5.24. The molecule has 0 bridgehead atoms. The lowest BCUT2D eigenvalue weighted by atomic mass is 9.60. The minimum absolute atomic E-state index is 0.00725. The molecule has 1 fully saturated rings. The maximum absolute atomic E-state index is 9.63. The van der Waals surface area contributed by atoms with Gasteiger partial charge in [-0.3, -0.25) is 4.68 Å². The Bertz CT molecular complexity index is 343. The third-order valence-corrected chi connectivity index (χ3v) is 4.15. The number of aromatic nitrogens is 2. The Labute approximate surface area is 96.5 Å². The van der Waals surface area contributed by atoms with Crippen molar-refractivity contribution in [1.82, 2.24) is 9.78 Å². The highest BCUT2D eigenvalue weighted by atomic mass is 16.3. The molecule has 90 valence electrons. The van der Waals surface area contributed by atoms with E-state index in [1.807, 2.05) is 17.9 Å². The predicted molar refractivity (Wildman–Crippen MR) is 63.1 cm³/mol. The van der Waals surface area contributed by atoms with E-state index in [2.05, 4.69) is 12.0 Å². The molecule has 1 atom stereocenters. The number of nitrogens with two attached hydrogens (primary N) is 1. The summed E-state index contributed by atoms with van der Waals surface area (Å²) >= 11 is 0. The third-order valence-electron chi connectivity index (χ3n) is 4.15. The van der Waals surface area contributed by atoms with Crippen LogP contribution in [0.25, 0.3) is 0 Å². The van der Waals surface area contributed by atoms with Gasteiger partial charge in [0.15, 0.2) is 0 Å². The lowest BCUT2D eigenvalue weighted by Crippen LogP contribution is -2.43. The zero-order valence-corrected chi connectivity index (χ0v) is 10.1. The smallest absolute Gasteiger partial charge is 0.0521 e. The molecule has 1 saturated carbocycles. The van der Waals surface area contributed by atoms with Crippen molar-refractivity contribution >= 4 is 0 Å². The van der Waals surface area contributed by atoms with Gasteiger partial charge in [0, 0.05) is 37.2 Å². The van der Waals surface area contributed by atoms with Crippen LogP contribution in [0.15, 0.2) is 6.20 Å². The Balaban J connectivity index is 2.36. The summed E-state index contributed by atoms with van der Waals surface area (Å²) in [4.78, 5) is 0. The SMILES string of the molecule is Cc1cnn(C)c1[C@H](CN)C1(CO)CCC1. The van der Waals surface area contributed by atoms with Crippen molar-refractivity contribution in [1.29, 1.82) is 0 Å². The molecular formula is C12H21N3O. The summed E-state index contributed by atoms with van der Waals surface area (Å²) in [5.74, 6) is 0.235. The molecule has 0 unspecified atom stereocenters. The van der Waals surface area contributed by atoms with Crippen molar-refractivity contribution in [3.63, 3.8) is 0 Å². The molecule has 3 N–H and O–H groups in total. The van der Waals surface area contributed by atoms with E-state index in [9.17, 15) is 5.11 Å². The van der Waals surface area contributed by atoms with Gasteiger partial charge < -0.3 is 10.8 Å². The first-order valence-electron chi connectivity index (χ1n) is 5.94. The van der Waals surface area contributed by atoms with Gasteiger partial charge in [-0.2, -0.15) is 5.10 Å². The molecule has 0 spiro atoms. The number of aliphatic hydroxyl groups excluding tert-OH is 1. The van der Waals surface area contributed by atoms with E-state index in [-0.39, 0.29) is 17.9 Å². The molecule has 1 heterocycles. The maximum Gasteiger partial charge on any atom is 0.0521 e. The highest BCUT2D eigenvalue weighted by molar-refractivity contribution is 5.24. The van der Waals surface area contributed by atoms with Crippen LogP contribution in [0.1, 0.15) is 36.4 Å². The zero-order valence-electron chi connectivity index (χ0n) is 10.1. The van der Waals surface area contributed by atoms with E-state index in [1.165, 1.54) is 17.7 Å². The van der Waals surface area contributed by atoms with Crippen LogP contribution < -0.4 is 5.73 Å². The van der Waals surface area contributed by atoms with Crippen molar-refractivity contribution in [2.45, 2.75) is 32.1 Å². The standard InChI is InChI=1S/C12H21N3O/c1-9-7-14-15(2)11(9)10(6-13)12(8-16)4-3-5-12/h7,10,16H,3-6,8,13H2,1-2H3/t10-/m0/s1. The zero-order chi connectivity index (χ0) is 11.8. The normalized spacial score (nSPS) is 20.5. The predicted octanol–water partition coefficient (Wildman–Crippen LogP) is 0.933. The number of aryl methyl sites for hydroxylation is 2. The van der Waals surface area contributed by atoms with E-state index in [1.54, 1.807) is 0 Å². The molecule has 4 heteroatoms. The summed E-state index contributed by atoms with van der Waals surface area (Å²) in [5.41, 5.74) is 8.30. The highest BCUT2D eigenvalue weighted by Crippen LogP contribution is 2.51.